The van der Waals surface area contributed by atoms with Gasteiger partial charge in [0.2, 0.25) is 0 Å². The van der Waals surface area contributed by atoms with Gasteiger partial charge in [0.15, 0.2) is 5.60 Å². The molecule has 0 aliphatic carbocycles. The number of carbonyl (C=O) groups is 2. The number of carbonyl (C=O) groups excluding carboxylic acids is 2. The molecule has 16 nitrogen and oxygen atoms in total. The molecule has 2 unspecified atom stereocenters. The number of rotatable bonds is 10. The molecule has 0 radical (unpaired) electrons. The van der Waals surface area contributed by atoms with Crippen LogP contribution >= 0.6 is 0 Å². The molecule has 2 aromatic heterocycles. The number of phenolic OH excluding ortho intramolecular Hbond substituents is 2. The first-order valence-electron chi connectivity index (χ1n) is 20.4. The third kappa shape index (κ3) is 7.24. The Morgan fingerprint density at radius 2 is 1.72 bits per heavy atom. The van der Waals surface area contributed by atoms with E-state index in [0.29, 0.717) is 73.0 Å². The lowest BCUT2D eigenvalue weighted by Gasteiger charge is -2.36. The van der Waals surface area contributed by atoms with Gasteiger partial charge in [0, 0.05) is 55.3 Å². The number of pyridine rings is 2. The number of amides is 2. The molecule has 3 aliphatic rings. The van der Waals surface area contributed by atoms with Crippen LogP contribution in [0, 0.1) is 5.41 Å². The molecule has 8 rings (SSSR count). The summed E-state index contributed by atoms with van der Waals surface area (Å²) in [4.78, 5) is 48.9. The molecule has 318 valence electrons. The number of urea groups is 1. The van der Waals surface area contributed by atoms with Crippen LogP contribution in [0.3, 0.4) is 0 Å². The summed E-state index contributed by atoms with van der Waals surface area (Å²) in [5.74, 6) is -1.16. The molecule has 3 aliphatic heterocycles. The van der Waals surface area contributed by atoms with Gasteiger partial charge in [0.05, 0.1) is 40.3 Å². The summed E-state index contributed by atoms with van der Waals surface area (Å²) in [7, 11) is 0. The van der Waals surface area contributed by atoms with E-state index in [2.05, 4.69) is 4.90 Å². The molecule has 0 bridgehead atoms. The fraction of sp³-hybridized carbons (Fsp3) is 0.356. The Hall–Kier alpha value is -6.33. The van der Waals surface area contributed by atoms with Crippen LogP contribution in [0.5, 0.6) is 17.2 Å². The van der Waals surface area contributed by atoms with Gasteiger partial charge in [-0.2, -0.15) is 0 Å². The Kier molecular flexibility index (Phi) is 10.8. The van der Waals surface area contributed by atoms with Crippen molar-refractivity contribution in [3.63, 3.8) is 0 Å². The van der Waals surface area contributed by atoms with Crippen molar-refractivity contribution in [3.05, 3.63) is 110 Å². The first-order valence-corrected chi connectivity index (χ1v) is 20.4. The molecule has 1 saturated heterocycles. The fourth-order valence-electron chi connectivity index (χ4n) is 8.70. The lowest BCUT2D eigenvalue weighted by molar-refractivity contribution is -0.172. The highest BCUT2D eigenvalue weighted by atomic mass is 16.6. The molecule has 61 heavy (non-hydrogen) atoms. The molecule has 5 heterocycles. The average molecular weight is 832 g/mol. The number of nitrogens with zero attached hydrogens (tertiary/aromatic N) is 5. The second kappa shape index (κ2) is 15.9. The standard InChI is InChI=1S/C45H49N7O9/c1-5-28-30-17-27(11-12-35(30)48-39-32(28)22-51-36(39)19-34-33(41(51)55)23-60-42(56)45(34,59)6-2)61-44(58)50-15-13-49(14-16-50)21-25-7-9-26(10-8-25)52(43(47)57)40(46)31-18-29(24(3)4)37(53)20-38(31)54/h7-12,17-20,24,44,46,53-54,58-59H,5-6,13-16,21-23H2,1-4H3,(H2,47,57). The Morgan fingerprint density at radius 1 is 1.00 bits per heavy atom. The van der Waals surface area contributed by atoms with Crippen LogP contribution < -0.4 is 20.9 Å². The molecule has 3 aromatic carbocycles. The van der Waals surface area contributed by atoms with Gasteiger partial charge in [-0.15, -0.1) is 0 Å². The van der Waals surface area contributed by atoms with E-state index in [-0.39, 0.29) is 65.1 Å². The number of phenols is 2. The van der Waals surface area contributed by atoms with E-state index < -0.39 is 24.0 Å². The van der Waals surface area contributed by atoms with Gasteiger partial charge in [-0.3, -0.25) is 15.1 Å². The monoisotopic (exact) mass is 831 g/mol. The summed E-state index contributed by atoms with van der Waals surface area (Å²) in [6, 6.07) is 16.0. The van der Waals surface area contributed by atoms with Crippen LogP contribution in [0.4, 0.5) is 10.5 Å². The van der Waals surface area contributed by atoms with Crippen molar-refractivity contribution >= 4 is 34.4 Å². The van der Waals surface area contributed by atoms with Gasteiger partial charge in [-0.1, -0.05) is 39.8 Å². The van der Waals surface area contributed by atoms with Gasteiger partial charge < -0.3 is 40.2 Å². The molecule has 1 fully saturated rings. The molecule has 0 saturated carbocycles. The normalized spacial score (nSPS) is 18.0. The van der Waals surface area contributed by atoms with E-state index in [1.54, 1.807) is 35.8 Å². The van der Waals surface area contributed by atoms with Gasteiger partial charge in [-0.05, 0) is 77.9 Å². The van der Waals surface area contributed by atoms with Crippen molar-refractivity contribution in [2.45, 2.75) is 78.2 Å². The Labute approximate surface area is 351 Å². The smallest absolute Gasteiger partial charge is 0.343 e. The van der Waals surface area contributed by atoms with Crippen LogP contribution in [0.15, 0.2) is 65.5 Å². The van der Waals surface area contributed by atoms with E-state index in [1.807, 2.05) is 49.9 Å². The Bertz CT molecular complexity index is 2650. The lowest BCUT2D eigenvalue weighted by atomic mass is 9.86. The number of ether oxygens (including phenoxy) is 2. The minimum Gasteiger partial charge on any atom is -0.508 e. The maximum Gasteiger partial charge on any atom is 0.343 e. The Balaban J connectivity index is 0.922. The van der Waals surface area contributed by atoms with Crippen LogP contribution in [0.25, 0.3) is 22.3 Å². The van der Waals surface area contributed by atoms with Gasteiger partial charge in [0.25, 0.3) is 12.0 Å². The van der Waals surface area contributed by atoms with Crippen LogP contribution in [-0.4, -0.2) is 90.2 Å². The third-order valence-corrected chi connectivity index (χ3v) is 12.2. The SMILES string of the molecule is CCc1c2c(nc3ccc(OC(O)N4CCN(Cc5ccc(N(C(=N)c6cc(C(C)C)c(O)cc6O)C(N)=O)cc5)CC4)cc13)-c1cc3c(c(=O)n1C2)COC(=O)C3(O)CC. The number of aliphatic hydroxyl groups excluding tert-OH is 1. The topological polar surface area (TPSA) is 228 Å². The molecular formula is C45H49N7O9. The van der Waals surface area contributed by atoms with Crippen molar-refractivity contribution < 1.29 is 39.5 Å². The van der Waals surface area contributed by atoms with E-state index >= 15 is 0 Å². The molecule has 16 heteroatoms. The number of amidine groups is 1. The number of primary amides is 1. The number of aromatic nitrogens is 2. The zero-order chi connectivity index (χ0) is 43.5. The number of benzene rings is 3. The third-order valence-electron chi connectivity index (χ3n) is 12.2. The van der Waals surface area contributed by atoms with Crippen LogP contribution in [-0.2, 0) is 41.2 Å². The zero-order valence-electron chi connectivity index (χ0n) is 34.4. The quantitative estimate of drug-likeness (QED) is 0.0484. The number of anilines is 1. The lowest BCUT2D eigenvalue weighted by Crippen LogP contribution is -2.51. The van der Waals surface area contributed by atoms with Gasteiger partial charge in [0.1, 0.15) is 29.7 Å². The number of aromatic hydroxyl groups is 2. The summed E-state index contributed by atoms with van der Waals surface area (Å²) in [5, 5.41) is 52.8. The maximum atomic E-state index is 13.7. The summed E-state index contributed by atoms with van der Waals surface area (Å²) in [5.41, 5.74) is 9.63. The predicted molar refractivity (Wildman–Crippen MR) is 227 cm³/mol. The maximum absolute atomic E-state index is 13.7. The number of hydrogen-bond donors (Lipinski definition) is 6. The average Bonchev–Trinajstić information content (AvgIpc) is 3.60. The van der Waals surface area contributed by atoms with Crippen LogP contribution in [0.2, 0.25) is 0 Å². The molecule has 2 amide bonds. The number of aryl methyl sites for hydroxylation is 1. The molecule has 2 atom stereocenters. The van der Waals surface area contributed by atoms with Crippen molar-refractivity contribution in [1.82, 2.24) is 19.4 Å². The minimum absolute atomic E-state index is 0.0611. The highest BCUT2D eigenvalue weighted by Gasteiger charge is 2.45. The van der Waals surface area contributed by atoms with E-state index in [4.69, 9.17) is 25.6 Å². The number of nitrogens with one attached hydrogen (secondary N) is 1. The summed E-state index contributed by atoms with van der Waals surface area (Å²) < 4.78 is 12.9. The van der Waals surface area contributed by atoms with Crippen LogP contribution in [0.1, 0.15) is 79.0 Å². The van der Waals surface area contributed by atoms with Crippen molar-refractivity contribution in [1.29, 1.82) is 5.41 Å². The minimum atomic E-state index is -1.91. The fourth-order valence-corrected chi connectivity index (χ4v) is 8.70. The van der Waals surface area contributed by atoms with Crippen molar-refractivity contribution in [2.24, 2.45) is 5.73 Å². The first-order chi connectivity index (χ1) is 29.1. The molecule has 0 spiro atoms. The number of hydrogen-bond acceptors (Lipinski definition) is 13. The van der Waals surface area contributed by atoms with Gasteiger partial charge in [-0.25, -0.2) is 24.4 Å². The molecule has 5 aromatic rings. The number of esters is 1. The molecular weight excluding hydrogens is 783 g/mol. The molecule has 7 N–H and O–H groups in total. The number of piperazine rings is 1. The van der Waals surface area contributed by atoms with E-state index in [9.17, 15) is 34.8 Å². The Morgan fingerprint density at radius 3 is 2.38 bits per heavy atom. The van der Waals surface area contributed by atoms with Crippen molar-refractivity contribution in [2.75, 3.05) is 31.1 Å². The number of nitrogens with two attached hydrogens (primary N) is 1. The van der Waals surface area contributed by atoms with Gasteiger partial charge >= 0.3 is 12.0 Å². The predicted octanol–water partition coefficient (Wildman–Crippen LogP) is 4.56. The summed E-state index contributed by atoms with van der Waals surface area (Å²) >= 11 is 0. The summed E-state index contributed by atoms with van der Waals surface area (Å²) in [6.45, 7) is 10.5. The summed E-state index contributed by atoms with van der Waals surface area (Å²) in [6.07, 6.45) is -0.508. The highest BCUT2D eigenvalue weighted by Crippen LogP contribution is 2.41. The second-order valence-corrected chi connectivity index (χ2v) is 16.1. The van der Waals surface area contributed by atoms with E-state index in [1.165, 1.54) is 6.07 Å². The highest BCUT2D eigenvalue weighted by molar-refractivity contribution is 6.22. The van der Waals surface area contributed by atoms with E-state index in [0.717, 1.165) is 33.0 Å². The largest absolute Gasteiger partial charge is 0.508 e. The zero-order valence-corrected chi connectivity index (χ0v) is 34.4. The number of cyclic esters (lactones) is 1. The second-order valence-electron chi connectivity index (χ2n) is 16.1. The van der Waals surface area contributed by atoms with Crippen molar-refractivity contribution in [3.8, 4) is 28.6 Å². The number of aliphatic hydroxyl groups is 2. The number of fused-ring (bicyclic) bond motifs is 5. The first kappa shape index (κ1) is 41.4.